The van der Waals surface area contributed by atoms with Crippen LogP contribution in [0.15, 0.2) is 106 Å². The molecule has 2 amide bonds. The van der Waals surface area contributed by atoms with Gasteiger partial charge in [-0.05, 0) is 81.1 Å². The van der Waals surface area contributed by atoms with E-state index in [4.69, 9.17) is 9.15 Å². The zero-order valence-corrected chi connectivity index (χ0v) is 25.7. The van der Waals surface area contributed by atoms with Crippen molar-refractivity contribution < 1.29 is 33.4 Å². The van der Waals surface area contributed by atoms with E-state index in [1.807, 2.05) is 37.3 Å². The number of hydrogen-bond acceptors (Lipinski definition) is 8. The lowest BCUT2D eigenvalue weighted by atomic mass is 9.59. The summed E-state index contributed by atoms with van der Waals surface area (Å²) in [6.45, 7) is 3.75. The predicted octanol–water partition coefficient (Wildman–Crippen LogP) is 6.23. The highest BCUT2D eigenvalue weighted by Gasteiger charge is 2.57. The van der Waals surface area contributed by atoms with E-state index in [0.29, 0.717) is 58.0 Å². The molecule has 0 unspecified atom stereocenters. The molecule has 0 radical (unpaired) electrons. The van der Waals surface area contributed by atoms with Crippen molar-refractivity contribution in [2.75, 3.05) is 11.5 Å². The maximum absolute atomic E-state index is 14.3. The Bertz CT molecular complexity index is 2100. The number of anilines is 1. The molecule has 9 heteroatoms. The summed E-state index contributed by atoms with van der Waals surface area (Å²) < 4.78 is 11.5. The van der Waals surface area contributed by atoms with Gasteiger partial charge in [-0.2, -0.15) is 0 Å². The Hall–Kier alpha value is -5.57. The average Bonchev–Trinajstić information content (AvgIpc) is 3.62. The third-order valence-corrected chi connectivity index (χ3v) is 9.87. The summed E-state index contributed by atoms with van der Waals surface area (Å²) in [7, 11) is 0. The Morgan fingerprint density at radius 3 is 2.51 bits per heavy atom. The minimum Gasteiger partial charge on any atom is -0.504 e. The summed E-state index contributed by atoms with van der Waals surface area (Å²) in [5.74, 6) is -3.24. The summed E-state index contributed by atoms with van der Waals surface area (Å²) in [6, 6.07) is 19.5. The molecule has 8 rings (SSSR count). The van der Waals surface area contributed by atoms with Gasteiger partial charge in [0, 0.05) is 33.8 Å². The first-order chi connectivity index (χ1) is 22.8. The molecule has 1 N–H and O–H groups in total. The van der Waals surface area contributed by atoms with Crippen LogP contribution in [-0.2, 0) is 19.2 Å². The molecule has 3 aliphatic carbocycles. The number of allylic oxidation sites excluding steroid dienone is 6. The maximum Gasteiger partial charge on any atom is 0.238 e. The molecular weight excluding hydrogens is 596 g/mol. The number of fused-ring (bicyclic) bond motifs is 4. The van der Waals surface area contributed by atoms with Crippen LogP contribution in [0.3, 0.4) is 0 Å². The number of aromatic nitrogens is 1. The van der Waals surface area contributed by atoms with Crippen LogP contribution in [0.4, 0.5) is 5.69 Å². The first kappa shape index (κ1) is 28.9. The van der Waals surface area contributed by atoms with Crippen LogP contribution in [0, 0.1) is 17.8 Å². The lowest BCUT2D eigenvalue weighted by Gasteiger charge is -2.42. The van der Waals surface area contributed by atoms with E-state index in [2.05, 4.69) is 4.98 Å². The van der Waals surface area contributed by atoms with Crippen molar-refractivity contribution in [2.45, 2.75) is 32.6 Å². The Labute approximate surface area is 269 Å². The number of phenols is 1. The van der Waals surface area contributed by atoms with Gasteiger partial charge in [-0.15, -0.1) is 0 Å². The number of oxazole rings is 1. The Morgan fingerprint density at radius 1 is 0.957 bits per heavy atom. The summed E-state index contributed by atoms with van der Waals surface area (Å²) in [5, 5.41) is 11.4. The molecule has 47 heavy (non-hydrogen) atoms. The van der Waals surface area contributed by atoms with Gasteiger partial charge >= 0.3 is 0 Å². The number of ketones is 2. The van der Waals surface area contributed by atoms with E-state index in [1.54, 1.807) is 49.4 Å². The summed E-state index contributed by atoms with van der Waals surface area (Å²) >= 11 is 0. The average molecular weight is 627 g/mol. The van der Waals surface area contributed by atoms with Crippen molar-refractivity contribution in [1.29, 1.82) is 0 Å². The second kappa shape index (κ2) is 10.8. The second-order valence-corrected chi connectivity index (χ2v) is 12.4. The maximum atomic E-state index is 14.3. The normalized spacial score (nSPS) is 23.8. The second-order valence-electron chi connectivity index (χ2n) is 12.4. The largest absolute Gasteiger partial charge is 0.504 e. The quantitative estimate of drug-likeness (QED) is 0.157. The molecule has 2 heterocycles. The van der Waals surface area contributed by atoms with E-state index < -0.39 is 23.7 Å². The van der Waals surface area contributed by atoms with Crippen LogP contribution in [0.25, 0.3) is 22.6 Å². The number of amides is 2. The zero-order valence-electron chi connectivity index (χ0n) is 25.7. The van der Waals surface area contributed by atoms with Crippen LogP contribution in [0.2, 0.25) is 0 Å². The van der Waals surface area contributed by atoms with E-state index >= 15 is 0 Å². The molecule has 0 bridgehead atoms. The van der Waals surface area contributed by atoms with Gasteiger partial charge in [-0.3, -0.25) is 24.1 Å². The molecule has 1 aromatic heterocycles. The van der Waals surface area contributed by atoms with Crippen molar-refractivity contribution in [2.24, 2.45) is 17.8 Å². The van der Waals surface area contributed by atoms with Gasteiger partial charge < -0.3 is 14.3 Å². The molecular formula is C38H30N2O7. The van der Waals surface area contributed by atoms with Gasteiger partial charge in [0.2, 0.25) is 17.7 Å². The molecule has 4 aromatic rings. The number of benzene rings is 3. The van der Waals surface area contributed by atoms with Crippen LogP contribution in [0.1, 0.15) is 38.2 Å². The lowest BCUT2D eigenvalue weighted by Crippen LogP contribution is -2.39. The summed E-state index contributed by atoms with van der Waals surface area (Å²) in [4.78, 5) is 61.1. The highest BCUT2D eigenvalue weighted by atomic mass is 16.5. The molecule has 0 spiro atoms. The number of para-hydroxylation sites is 3. The van der Waals surface area contributed by atoms with E-state index in [1.165, 1.54) is 11.0 Å². The number of imide groups is 1. The predicted molar refractivity (Wildman–Crippen MR) is 173 cm³/mol. The van der Waals surface area contributed by atoms with Gasteiger partial charge in [0.1, 0.15) is 5.52 Å². The van der Waals surface area contributed by atoms with Crippen LogP contribution in [0.5, 0.6) is 11.5 Å². The molecule has 4 aliphatic rings. The number of carbonyl (C=O) groups is 4. The molecule has 1 aliphatic heterocycles. The molecule has 3 aromatic carbocycles. The fourth-order valence-electron chi connectivity index (χ4n) is 7.76. The minimum atomic E-state index is -0.766. The first-order valence-corrected chi connectivity index (χ1v) is 15.8. The minimum absolute atomic E-state index is 0.114. The van der Waals surface area contributed by atoms with E-state index in [9.17, 15) is 24.3 Å². The fraction of sp³-hybridized carbons (Fsp3) is 0.237. The number of nitrogens with zero attached hydrogens (tertiary/aromatic N) is 2. The summed E-state index contributed by atoms with van der Waals surface area (Å²) in [5.41, 5.74) is 4.71. The standard InChI is InChI=1S/C38H30N2O7/c1-3-46-30-10-6-7-23(35(30)43)31-22-15-16-24-32(25(22)18-26-28(41)17-19(2)34(42)33(26)31)38(45)40(37(24)44)21-13-11-20(12-14-21)36-39-27-8-4-5-9-29(27)47-36/h4-15,17,24-25,31-32,43H,3,16,18H2,1-2H3/t24-,25+,31+,32-/m0/s1. The number of hydrogen-bond donors (Lipinski definition) is 1. The smallest absolute Gasteiger partial charge is 0.238 e. The molecule has 1 saturated heterocycles. The van der Waals surface area contributed by atoms with Crippen molar-refractivity contribution in [3.05, 3.63) is 107 Å². The number of phenolic OH excluding ortho intramolecular Hbond substituents is 1. The Kier molecular flexibility index (Phi) is 6.61. The van der Waals surface area contributed by atoms with Crippen molar-refractivity contribution in [3.8, 4) is 23.0 Å². The molecule has 1 fully saturated rings. The number of ether oxygens (including phenoxy) is 1. The topological polar surface area (TPSA) is 127 Å². The zero-order chi connectivity index (χ0) is 32.6. The van der Waals surface area contributed by atoms with Crippen LogP contribution in [-0.4, -0.2) is 40.1 Å². The van der Waals surface area contributed by atoms with Gasteiger partial charge in [0.25, 0.3) is 0 Å². The number of rotatable bonds is 5. The van der Waals surface area contributed by atoms with E-state index in [-0.39, 0.29) is 41.3 Å². The lowest BCUT2D eigenvalue weighted by molar-refractivity contribution is -0.123. The highest BCUT2D eigenvalue weighted by molar-refractivity contribution is 6.25. The Balaban J connectivity index is 1.17. The number of aromatic hydroxyl groups is 1. The molecule has 234 valence electrons. The number of carbonyl (C=O) groups excluding carboxylic acids is 4. The first-order valence-electron chi connectivity index (χ1n) is 15.8. The fourth-order valence-corrected chi connectivity index (χ4v) is 7.76. The van der Waals surface area contributed by atoms with Crippen molar-refractivity contribution in [3.63, 3.8) is 0 Å². The van der Waals surface area contributed by atoms with Gasteiger partial charge in [-0.25, -0.2) is 4.98 Å². The molecule has 0 saturated carbocycles. The third kappa shape index (κ3) is 4.33. The molecule has 9 nitrogen and oxygen atoms in total. The third-order valence-electron chi connectivity index (χ3n) is 9.87. The van der Waals surface area contributed by atoms with Crippen molar-refractivity contribution in [1.82, 2.24) is 4.98 Å². The van der Waals surface area contributed by atoms with Crippen LogP contribution >= 0.6 is 0 Å². The van der Waals surface area contributed by atoms with Gasteiger partial charge in [-0.1, -0.05) is 35.9 Å². The monoisotopic (exact) mass is 626 g/mol. The summed E-state index contributed by atoms with van der Waals surface area (Å²) in [6.07, 6.45) is 3.72. The van der Waals surface area contributed by atoms with Crippen LogP contribution < -0.4 is 9.64 Å². The highest BCUT2D eigenvalue weighted by Crippen LogP contribution is 2.57. The van der Waals surface area contributed by atoms with Gasteiger partial charge in [0.05, 0.1) is 24.1 Å². The van der Waals surface area contributed by atoms with E-state index in [0.717, 1.165) is 11.1 Å². The SMILES string of the molecule is CCOc1cccc([C@H]2C3=CC[C@@H]4C(=O)N(c5ccc(-c6nc7ccccc7o6)cc5)C(=O)[C@@H]4[C@@H]3CC3=C2C(=O)C(C)=CC3=O)c1O. The van der Waals surface area contributed by atoms with Gasteiger partial charge in [0.15, 0.2) is 28.6 Å². The van der Waals surface area contributed by atoms with Crippen molar-refractivity contribution >= 4 is 40.2 Å². The number of Topliss-reactive ketones (excluding diaryl/α,β-unsaturated/α-hetero) is 1. The Morgan fingerprint density at radius 2 is 1.74 bits per heavy atom. The molecule has 4 atom stereocenters.